The van der Waals surface area contributed by atoms with Gasteiger partial charge in [-0.2, -0.15) is 4.31 Å². The lowest BCUT2D eigenvalue weighted by molar-refractivity contribution is 0.101. The second-order valence-electron chi connectivity index (χ2n) is 5.80. The Labute approximate surface area is 161 Å². The number of nitrogens with zero attached hydrogens (tertiary/aromatic N) is 1. The number of thiophene rings is 1. The zero-order chi connectivity index (χ0) is 18.9. The highest BCUT2D eigenvalue weighted by Crippen LogP contribution is 2.31. The van der Waals surface area contributed by atoms with E-state index in [0.717, 1.165) is 9.87 Å². The first-order valence-electron chi connectivity index (χ1n) is 7.76. The molecule has 0 aliphatic carbocycles. The van der Waals surface area contributed by atoms with Crippen molar-refractivity contribution in [2.45, 2.75) is 18.7 Å². The molecule has 0 bridgehead atoms. The van der Waals surface area contributed by atoms with E-state index in [4.69, 9.17) is 11.6 Å². The van der Waals surface area contributed by atoms with Crippen LogP contribution < -0.4 is 4.31 Å². The van der Waals surface area contributed by atoms with Gasteiger partial charge in [0.25, 0.3) is 15.9 Å². The van der Waals surface area contributed by atoms with E-state index >= 15 is 0 Å². The summed E-state index contributed by atoms with van der Waals surface area (Å²) in [7, 11) is -4.10. The Hall–Kier alpha value is -2.15. The summed E-state index contributed by atoms with van der Waals surface area (Å²) < 4.78 is 27.5. The van der Waals surface area contributed by atoms with Crippen molar-refractivity contribution < 1.29 is 13.2 Å². The minimum atomic E-state index is -4.10. The molecule has 0 aliphatic heterocycles. The molecule has 4 nitrogen and oxygen atoms in total. The Morgan fingerprint density at radius 2 is 1.73 bits per heavy atom. The molecular weight excluding hydrogens is 390 g/mol. The fraction of sp³-hybridized carbons (Fsp3) is 0.105. The van der Waals surface area contributed by atoms with Crippen LogP contribution in [0.4, 0.5) is 5.69 Å². The van der Waals surface area contributed by atoms with Crippen molar-refractivity contribution in [3.63, 3.8) is 0 Å². The van der Waals surface area contributed by atoms with E-state index in [0.29, 0.717) is 21.2 Å². The fourth-order valence-corrected chi connectivity index (χ4v) is 4.80. The number of benzene rings is 2. The average molecular weight is 406 g/mol. The normalized spacial score (nSPS) is 11.3. The highest BCUT2D eigenvalue weighted by atomic mass is 35.5. The lowest BCUT2D eigenvalue weighted by Gasteiger charge is -2.24. The van der Waals surface area contributed by atoms with Crippen molar-refractivity contribution in [3.8, 4) is 0 Å². The number of rotatable bonds is 4. The van der Waals surface area contributed by atoms with Crippen LogP contribution in [0.1, 0.15) is 20.8 Å². The van der Waals surface area contributed by atoms with Crippen LogP contribution in [0.5, 0.6) is 0 Å². The minimum Gasteiger partial charge on any atom is -0.267 e. The second kappa shape index (κ2) is 7.23. The molecule has 0 saturated carbocycles. The predicted molar refractivity (Wildman–Crippen MR) is 106 cm³/mol. The maximum Gasteiger partial charge on any atom is 0.282 e. The van der Waals surface area contributed by atoms with E-state index in [-0.39, 0.29) is 4.90 Å². The largest absolute Gasteiger partial charge is 0.282 e. The van der Waals surface area contributed by atoms with E-state index in [9.17, 15) is 13.2 Å². The molecule has 1 amide bonds. The molecule has 3 rings (SSSR count). The smallest absolute Gasteiger partial charge is 0.267 e. The van der Waals surface area contributed by atoms with Crippen LogP contribution in [0.15, 0.2) is 64.9 Å². The summed E-state index contributed by atoms with van der Waals surface area (Å²) in [5.74, 6) is -0.580. The maximum atomic E-state index is 13.3. The molecule has 0 spiro atoms. The van der Waals surface area contributed by atoms with Crippen LogP contribution in [-0.2, 0) is 10.0 Å². The molecule has 0 unspecified atom stereocenters. The van der Waals surface area contributed by atoms with Gasteiger partial charge in [0.15, 0.2) is 0 Å². The Balaban J connectivity index is 2.22. The Morgan fingerprint density at radius 3 is 2.35 bits per heavy atom. The van der Waals surface area contributed by atoms with Gasteiger partial charge in [-0.25, -0.2) is 8.42 Å². The van der Waals surface area contributed by atoms with Gasteiger partial charge in [-0.05, 0) is 66.8 Å². The van der Waals surface area contributed by atoms with Crippen molar-refractivity contribution in [2.75, 3.05) is 4.31 Å². The van der Waals surface area contributed by atoms with E-state index in [1.165, 1.54) is 35.6 Å². The highest BCUT2D eigenvalue weighted by molar-refractivity contribution is 7.93. The van der Waals surface area contributed by atoms with Crippen LogP contribution in [0.3, 0.4) is 0 Å². The van der Waals surface area contributed by atoms with Gasteiger partial charge in [0.05, 0.1) is 15.5 Å². The Bertz CT molecular complexity index is 1040. The molecule has 0 aliphatic rings. The molecule has 0 atom stereocenters. The quantitative estimate of drug-likeness (QED) is 0.610. The summed E-state index contributed by atoms with van der Waals surface area (Å²) in [5, 5.41) is 2.16. The van der Waals surface area contributed by atoms with Crippen LogP contribution in [0.2, 0.25) is 5.02 Å². The van der Waals surface area contributed by atoms with Gasteiger partial charge in [0.1, 0.15) is 0 Å². The summed E-state index contributed by atoms with van der Waals surface area (Å²) in [4.78, 5) is 13.4. The Morgan fingerprint density at radius 1 is 1.04 bits per heavy atom. The Kier molecular flexibility index (Phi) is 5.18. The summed E-state index contributed by atoms with van der Waals surface area (Å²) in [6.45, 7) is 3.63. The second-order valence-corrected chi connectivity index (χ2v) is 8.97. The zero-order valence-electron chi connectivity index (χ0n) is 14.1. The first-order valence-corrected chi connectivity index (χ1v) is 10.5. The number of anilines is 1. The standard InChI is InChI=1S/C19H16ClNO3S2/c1-13-5-6-14(2)17(12-13)21(19(22)18-4-3-11-25-18)26(23,24)16-9-7-15(20)8-10-16/h3-12H,1-2H3. The third kappa shape index (κ3) is 3.53. The lowest BCUT2D eigenvalue weighted by Crippen LogP contribution is -2.37. The van der Waals surface area contributed by atoms with Gasteiger partial charge >= 0.3 is 0 Å². The molecule has 26 heavy (non-hydrogen) atoms. The number of hydrogen-bond donors (Lipinski definition) is 0. The molecule has 0 N–H and O–H groups in total. The van der Waals surface area contributed by atoms with Crippen LogP contribution in [0, 0.1) is 13.8 Å². The molecule has 2 aromatic carbocycles. The number of halogens is 1. The molecule has 7 heteroatoms. The molecular formula is C19H16ClNO3S2. The van der Waals surface area contributed by atoms with Crippen molar-refractivity contribution in [1.29, 1.82) is 0 Å². The van der Waals surface area contributed by atoms with Gasteiger partial charge in [-0.1, -0.05) is 29.8 Å². The number of carbonyl (C=O) groups is 1. The zero-order valence-corrected chi connectivity index (χ0v) is 16.5. The number of hydrogen-bond acceptors (Lipinski definition) is 4. The monoisotopic (exact) mass is 405 g/mol. The van der Waals surface area contributed by atoms with Crippen molar-refractivity contribution in [3.05, 3.63) is 81.0 Å². The van der Waals surface area contributed by atoms with Gasteiger partial charge < -0.3 is 0 Å². The van der Waals surface area contributed by atoms with Crippen molar-refractivity contribution in [2.24, 2.45) is 0 Å². The summed E-state index contributed by atoms with van der Waals surface area (Å²) in [5.41, 5.74) is 1.90. The van der Waals surface area contributed by atoms with E-state index in [2.05, 4.69) is 0 Å². The first kappa shape index (κ1) is 18.6. The number of sulfonamides is 1. The molecule has 3 aromatic rings. The van der Waals surface area contributed by atoms with Crippen LogP contribution >= 0.6 is 22.9 Å². The highest BCUT2D eigenvalue weighted by Gasteiger charge is 2.33. The molecule has 0 fully saturated rings. The van der Waals surface area contributed by atoms with Gasteiger partial charge in [0, 0.05) is 5.02 Å². The summed E-state index contributed by atoms with van der Waals surface area (Å²) in [6, 6.07) is 14.5. The average Bonchev–Trinajstić information content (AvgIpc) is 3.13. The molecule has 1 aromatic heterocycles. The number of carbonyl (C=O) groups excluding carboxylic acids is 1. The van der Waals surface area contributed by atoms with Gasteiger partial charge in [-0.15, -0.1) is 11.3 Å². The predicted octanol–water partition coefficient (Wildman–Crippen LogP) is 5.05. The third-order valence-corrected chi connectivity index (χ3v) is 6.67. The minimum absolute atomic E-state index is 0.00714. The van der Waals surface area contributed by atoms with Crippen LogP contribution in [0.25, 0.3) is 0 Å². The molecule has 0 saturated heterocycles. The van der Waals surface area contributed by atoms with Crippen LogP contribution in [-0.4, -0.2) is 14.3 Å². The SMILES string of the molecule is Cc1ccc(C)c(N(C(=O)c2cccs2)S(=O)(=O)c2ccc(Cl)cc2)c1. The van der Waals surface area contributed by atoms with E-state index < -0.39 is 15.9 Å². The van der Waals surface area contributed by atoms with E-state index in [1.807, 2.05) is 13.0 Å². The maximum absolute atomic E-state index is 13.3. The number of amides is 1. The lowest BCUT2D eigenvalue weighted by atomic mass is 10.1. The van der Waals surface area contributed by atoms with Gasteiger partial charge in [0.2, 0.25) is 0 Å². The van der Waals surface area contributed by atoms with Gasteiger partial charge in [-0.3, -0.25) is 4.79 Å². The van der Waals surface area contributed by atoms with E-state index in [1.54, 1.807) is 36.6 Å². The summed E-state index contributed by atoms with van der Waals surface area (Å²) >= 11 is 7.08. The van der Waals surface area contributed by atoms with Crippen molar-refractivity contribution >= 4 is 44.6 Å². The molecule has 1 heterocycles. The summed E-state index contributed by atoms with van der Waals surface area (Å²) in [6.07, 6.45) is 0. The topological polar surface area (TPSA) is 54.5 Å². The molecule has 134 valence electrons. The van der Waals surface area contributed by atoms with Crippen molar-refractivity contribution in [1.82, 2.24) is 0 Å². The third-order valence-electron chi connectivity index (χ3n) is 3.85. The first-order chi connectivity index (χ1) is 12.3. The molecule has 0 radical (unpaired) electrons. The fourth-order valence-electron chi connectivity index (χ4n) is 2.50. The number of aryl methyl sites for hydroxylation is 2.